The monoisotopic (exact) mass is 646 g/mol. The smallest absolute Gasteiger partial charge is 0.260 e. The van der Waals surface area contributed by atoms with Gasteiger partial charge in [-0.25, -0.2) is 31.0 Å². The summed E-state index contributed by atoms with van der Waals surface area (Å²) in [6.07, 6.45) is 5.30. The zero-order valence-corrected chi connectivity index (χ0v) is 26.1. The van der Waals surface area contributed by atoms with E-state index in [-0.39, 0.29) is 17.3 Å². The number of anilines is 2. The van der Waals surface area contributed by atoms with Crippen molar-refractivity contribution in [3.05, 3.63) is 81.8 Å². The number of fused-ring (bicyclic) bond motifs is 1. The highest BCUT2D eigenvalue weighted by Crippen LogP contribution is 2.33. The highest BCUT2D eigenvalue weighted by atomic mass is 32.2. The molecule has 45 heavy (non-hydrogen) atoms. The minimum Gasteiger partial charge on any atom is -0.351 e. The molecule has 0 saturated heterocycles. The number of sulfonamides is 1. The van der Waals surface area contributed by atoms with Gasteiger partial charge in [-0.05, 0) is 77.4 Å². The standard InChI is InChI=1S/C31H34F4N6O3S/c1-17(2)41-29-19(15-36-31(38-29)37-21-9-11-22(12-10-21)40(3)4)13-23(30(41)42)26-24(33)14-25(27(34)28(26)35)39-45(43,44)16-18-5-7-20(32)8-6-18/h5-8,13-15,17,21-22,39H,9-12,16H2,1-4H3,(H,36,37,38)/t21-,22-. The molecule has 2 heterocycles. The number of aromatic nitrogens is 3. The van der Waals surface area contributed by atoms with Crippen molar-refractivity contribution in [1.29, 1.82) is 0 Å². The van der Waals surface area contributed by atoms with E-state index in [1.807, 2.05) is 4.72 Å². The fourth-order valence-electron chi connectivity index (χ4n) is 5.69. The fraction of sp³-hybridized carbons (Fsp3) is 0.387. The molecule has 2 aromatic carbocycles. The van der Waals surface area contributed by atoms with Gasteiger partial charge >= 0.3 is 0 Å². The van der Waals surface area contributed by atoms with Gasteiger partial charge in [-0.15, -0.1) is 0 Å². The molecule has 9 nitrogen and oxygen atoms in total. The van der Waals surface area contributed by atoms with Crippen molar-refractivity contribution in [2.75, 3.05) is 24.1 Å². The maximum Gasteiger partial charge on any atom is 0.260 e. The average molecular weight is 647 g/mol. The molecule has 1 fully saturated rings. The normalized spacial score (nSPS) is 17.3. The van der Waals surface area contributed by atoms with Gasteiger partial charge in [-0.1, -0.05) is 12.1 Å². The molecule has 2 aromatic heterocycles. The molecule has 240 valence electrons. The van der Waals surface area contributed by atoms with Crippen LogP contribution in [0.1, 0.15) is 51.1 Å². The van der Waals surface area contributed by atoms with Crippen LogP contribution < -0.4 is 15.6 Å². The van der Waals surface area contributed by atoms with Crippen LogP contribution in [0, 0.1) is 23.3 Å². The Kier molecular flexibility index (Phi) is 9.17. The van der Waals surface area contributed by atoms with Gasteiger partial charge < -0.3 is 10.2 Å². The minimum absolute atomic E-state index is 0.148. The van der Waals surface area contributed by atoms with E-state index in [2.05, 4.69) is 34.3 Å². The first-order valence-electron chi connectivity index (χ1n) is 14.5. The summed E-state index contributed by atoms with van der Waals surface area (Å²) < 4.78 is 87.7. The van der Waals surface area contributed by atoms with Gasteiger partial charge in [0.1, 0.15) is 17.3 Å². The van der Waals surface area contributed by atoms with E-state index in [9.17, 15) is 17.6 Å². The highest BCUT2D eigenvalue weighted by Gasteiger charge is 2.27. The first kappa shape index (κ1) is 32.4. The van der Waals surface area contributed by atoms with E-state index in [1.54, 1.807) is 13.8 Å². The summed E-state index contributed by atoms with van der Waals surface area (Å²) in [4.78, 5) is 24.8. The lowest BCUT2D eigenvalue weighted by atomic mass is 9.91. The lowest BCUT2D eigenvalue weighted by Gasteiger charge is -2.33. The van der Waals surface area contributed by atoms with Crippen LogP contribution in [0.5, 0.6) is 0 Å². The van der Waals surface area contributed by atoms with Gasteiger partial charge in [0.25, 0.3) is 5.56 Å². The SMILES string of the molecule is CC(C)n1c(=O)c(-c2c(F)cc(NS(=O)(=O)Cc3ccc(F)cc3)c(F)c2F)cc2cnc(N[C@H]3CC[C@H](N(C)C)CC3)nc21. The molecule has 4 aromatic rings. The minimum atomic E-state index is -4.35. The van der Waals surface area contributed by atoms with Gasteiger partial charge in [-0.2, -0.15) is 4.98 Å². The summed E-state index contributed by atoms with van der Waals surface area (Å²) in [6, 6.07) is 6.37. The van der Waals surface area contributed by atoms with Gasteiger partial charge in [0.2, 0.25) is 16.0 Å². The molecular formula is C31H34F4N6O3S. The van der Waals surface area contributed by atoms with Gasteiger partial charge in [0.15, 0.2) is 11.6 Å². The molecule has 0 aliphatic heterocycles. The lowest BCUT2D eigenvalue weighted by molar-refractivity contribution is 0.221. The summed E-state index contributed by atoms with van der Waals surface area (Å²) in [5, 5.41) is 3.63. The molecule has 0 atom stereocenters. The van der Waals surface area contributed by atoms with Crippen molar-refractivity contribution in [2.24, 2.45) is 0 Å². The fourth-order valence-corrected chi connectivity index (χ4v) is 6.87. The van der Waals surface area contributed by atoms with E-state index < -0.39 is 67.5 Å². The van der Waals surface area contributed by atoms with Crippen molar-refractivity contribution in [2.45, 2.75) is 63.4 Å². The van der Waals surface area contributed by atoms with Gasteiger partial charge in [-0.3, -0.25) is 14.1 Å². The number of rotatable bonds is 9. The van der Waals surface area contributed by atoms with E-state index in [4.69, 9.17) is 0 Å². The van der Waals surface area contributed by atoms with Crippen molar-refractivity contribution >= 4 is 32.7 Å². The number of nitrogens with zero attached hydrogens (tertiary/aromatic N) is 4. The van der Waals surface area contributed by atoms with Crippen LogP contribution in [0.25, 0.3) is 22.2 Å². The van der Waals surface area contributed by atoms with Gasteiger partial charge in [0, 0.05) is 35.8 Å². The van der Waals surface area contributed by atoms with Crippen LogP contribution in [-0.2, 0) is 15.8 Å². The lowest BCUT2D eigenvalue weighted by Crippen LogP contribution is -2.36. The second-order valence-electron chi connectivity index (χ2n) is 11.8. The molecule has 0 bridgehead atoms. The Hall–Kier alpha value is -4.04. The van der Waals surface area contributed by atoms with E-state index in [0.29, 0.717) is 23.4 Å². The van der Waals surface area contributed by atoms with Crippen LogP contribution in [0.15, 0.2) is 47.4 Å². The molecule has 0 radical (unpaired) electrons. The molecule has 2 N–H and O–H groups in total. The first-order valence-corrected chi connectivity index (χ1v) is 16.2. The summed E-state index contributed by atoms with van der Waals surface area (Å²) in [6.45, 7) is 3.41. The Labute approximate surface area is 258 Å². The Morgan fingerprint density at radius 3 is 2.29 bits per heavy atom. The number of pyridine rings is 1. The number of halogens is 4. The largest absolute Gasteiger partial charge is 0.351 e. The summed E-state index contributed by atoms with van der Waals surface area (Å²) in [5.74, 6) is -5.75. The maximum absolute atomic E-state index is 15.5. The van der Waals surface area contributed by atoms with Crippen LogP contribution in [0.2, 0.25) is 0 Å². The zero-order valence-electron chi connectivity index (χ0n) is 25.2. The second-order valence-corrected chi connectivity index (χ2v) is 13.5. The molecule has 0 spiro atoms. The number of nitrogens with one attached hydrogen (secondary N) is 2. The predicted molar refractivity (Wildman–Crippen MR) is 165 cm³/mol. The van der Waals surface area contributed by atoms with Crippen molar-refractivity contribution in [3.8, 4) is 11.1 Å². The molecular weight excluding hydrogens is 612 g/mol. The number of hydrogen-bond acceptors (Lipinski definition) is 7. The molecule has 1 saturated carbocycles. The molecule has 1 aliphatic carbocycles. The predicted octanol–water partition coefficient (Wildman–Crippen LogP) is 5.82. The molecule has 0 unspecified atom stereocenters. The average Bonchev–Trinajstić information content (AvgIpc) is 2.97. The quantitative estimate of drug-likeness (QED) is 0.174. The van der Waals surface area contributed by atoms with Crippen molar-refractivity contribution < 1.29 is 26.0 Å². The Morgan fingerprint density at radius 2 is 1.67 bits per heavy atom. The van der Waals surface area contributed by atoms with Gasteiger partial charge in [0.05, 0.1) is 22.6 Å². The molecule has 1 aliphatic rings. The molecule has 14 heteroatoms. The molecule has 5 rings (SSSR count). The summed E-state index contributed by atoms with van der Waals surface area (Å²) in [7, 11) is -0.227. The Bertz CT molecular complexity index is 1890. The van der Waals surface area contributed by atoms with Crippen LogP contribution in [0.4, 0.5) is 29.2 Å². The third-order valence-corrected chi connectivity index (χ3v) is 9.26. The van der Waals surface area contributed by atoms with Crippen LogP contribution in [-0.4, -0.2) is 54.0 Å². The van der Waals surface area contributed by atoms with Crippen LogP contribution in [0.3, 0.4) is 0 Å². The maximum atomic E-state index is 15.5. The zero-order chi connectivity index (χ0) is 32.6. The van der Waals surface area contributed by atoms with Crippen LogP contribution >= 0.6 is 0 Å². The van der Waals surface area contributed by atoms with E-state index in [1.165, 1.54) is 29.0 Å². The topological polar surface area (TPSA) is 109 Å². The van der Waals surface area contributed by atoms with Crippen molar-refractivity contribution in [3.63, 3.8) is 0 Å². The number of benzene rings is 2. The number of hydrogen-bond donors (Lipinski definition) is 2. The second kappa shape index (κ2) is 12.8. The van der Waals surface area contributed by atoms with Crippen molar-refractivity contribution in [1.82, 2.24) is 19.4 Å². The van der Waals surface area contributed by atoms with E-state index >= 15 is 13.2 Å². The first-order chi connectivity index (χ1) is 21.2. The third-order valence-electron chi connectivity index (χ3n) is 8.01. The summed E-state index contributed by atoms with van der Waals surface area (Å²) in [5.41, 5.74) is -2.79. The molecule has 0 amide bonds. The summed E-state index contributed by atoms with van der Waals surface area (Å²) >= 11 is 0. The highest BCUT2D eigenvalue weighted by molar-refractivity contribution is 7.91. The Morgan fingerprint density at radius 1 is 1.00 bits per heavy atom. The Balaban J connectivity index is 1.48. The van der Waals surface area contributed by atoms with E-state index in [0.717, 1.165) is 37.8 Å². The third kappa shape index (κ3) is 6.96.